The van der Waals surface area contributed by atoms with Crippen LogP contribution in [-0.2, 0) is 0 Å². The zero-order valence-electron chi connectivity index (χ0n) is 19.6. The summed E-state index contributed by atoms with van der Waals surface area (Å²) in [7, 11) is 0. The van der Waals surface area contributed by atoms with Gasteiger partial charge in [0.05, 0.1) is 16.7 Å². The summed E-state index contributed by atoms with van der Waals surface area (Å²) in [6.45, 7) is 0. The molecule has 0 radical (unpaired) electrons. The van der Waals surface area contributed by atoms with Crippen LogP contribution < -0.4 is 0 Å². The predicted octanol–water partition coefficient (Wildman–Crippen LogP) is 8.94. The lowest BCUT2D eigenvalue weighted by Gasteiger charge is -2.13. The van der Waals surface area contributed by atoms with Gasteiger partial charge in [0.15, 0.2) is 0 Å². The summed E-state index contributed by atoms with van der Waals surface area (Å²) in [5.41, 5.74) is 8.79. The minimum atomic E-state index is 0.972. The van der Waals surface area contributed by atoms with Crippen LogP contribution in [0.2, 0.25) is 0 Å². The minimum Gasteiger partial charge on any atom is -0.256 e. The number of rotatable bonds is 3. The molecule has 0 saturated carbocycles. The van der Waals surface area contributed by atoms with Crippen LogP contribution in [0.15, 0.2) is 134 Å². The highest BCUT2D eigenvalue weighted by molar-refractivity contribution is 6.13. The number of fused-ring (bicyclic) bond motifs is 4. The quantitative estimate of drug-likeness (QED) is 0.247. The fourth-order valence-corrected chi connectivity index (χ4v) is 5.16. The Bertz CT molecular complexity index is 1870. The Hall–Kier alpha value is -4.82. The van der Waals surface area contributed by atoms with Gasteiger partial charge in [0.1, 0.15) is 0 Å². The van der Waals surface area contributed by atoms with Crippen molar-refractivity contribution in [1.82, 2.24) is 9.97 Å². The summed E-state index contributed by atoms with van der Waals surface area (Å²) in [4.78, 5) is 9.75. The lowest BCUT2D eigenvalue weighted by molar-refractivity contribution is 1.40. The molecule has 0 saturated heterocycles. The van der Waals surface area contributed by atoms with Crippen molar-refractivity contribution >= 4 is 32.6 Å². The Kier molecular flexibility index (Phi) is 4.82. The number of benzene rings is 5. The molecule has 7 aromatic rings. The highest BCUT2D eigenvalue weighted by Crippen LogP contribution is 2.37. The van der Waals surface area contributed by atoms with Gasteiger partial charge in [-0.05, 0) is 45.7 Å². The first-order valence-corrected chi connectivity index (χ1v) is 12.2. The topological polar surface area (TPSA) is 25.8 Å². The molecule has 0 bridgehead atoms. The van der Waals surface area contributed by atoms with Crippen molar-refractivity contribution in [3.63, 3.8) is 0 Å². The third-order valence-electron chi connectivity index (χ3n) is 6.91. The van der Waals surface area contributed by atoms with Crippen molar-refractivity contribution in [3.05, 3.63) is 134 Å². The number of hydrogen-bond acceptors (Lipinski definition) is 2. The first kappa shape index (κ1) is 20.5. The molecule has 7 rings (SSSR count). The van der Waals surface area contributed by atoms with Gasteiger partial charge in [-0.2, -0.15) is 0 Å². The molecule has 0 aliphatic heterocycles. The van der Waals surface area contributed by atoms with Crippen LogP contribution in [0, 0.1) is 0 Å². The summed E-state index contributed by atoms with van der Waals surface area (Å²) in [5, 5.41) is 4.80. The van der Waals surface area contributed by atoms with Crippen LogP contribution in [0.1, 0.15) is 0 Å². The van der Waals surface area contributed by atoms with Gasteiger partial charge >= 0.3 is 0 Å². The summed E-state index contributed by atoms with van der Waals surface area (Å²) >= 11 is 0. The minimum absolute atomic E-state index is 0.972. The number of aromatic nitrogens is 2. The van der Waals surface area contributed by atoms with Crippen molar-refractivity contribution in [2.24, 2.45) is 0 Å². The summed E-state index contributed by atoms with van der Waals surface area (Å²) in [5.74, 6) is 0. The normalized spacial score (nSPS) is 11.3. The number of pyridine rings is 2. The molecule has 0 aliphatic rings. The smallest absolute Gasteiger partial charge is 0.0780 e. The molecule has 5 aromatic carbocycles. The fraction of sp³-hybridized carbons (Fsp3) is 0. The third-order valence-corrected chi connectivity index (χ3v) is 6.91. The maximum Gasteiger partial charge on any atom is 0.0780 e. The van der Waals surface area contributed by atoms with Gasteiger partial charge in [-0.25, -0.2) is 4.98 Å². The van der Waals surface area contributed by atoms with Crippen LogP contribution in [0.5, 0.6) is 0 Å². The molecule has 168 valence electrons. The molecule has 0 amide bonds. The predicted molar refractivity (Wildman–Crippen MR) is 151 cm³/mol. The Morgan fingerprint density at radius 2 is 1.19 bits per heavy atom. The monoisotopic (exact) mass is 458 g/mol. The number of hydrogen-bond donors (Lipinski definition) is 0. The van der Waals surface area contributed by atoms with E-state index in [9.17, 15) is 0 Å². The Balaban J connectivity index is 1.41. The number of nitrogens with zero attached hydrogens (tertiary/aromatic N) is 2. The van der Waals surface area contributed by atoms with Crippen LogP contribution in [0.25, 0.3) is 66.1 Å². The van der Waals surface area contributed by atoms with E-state index in [0.717, 1.165) is 38.8 Å². The van der Waals surface area contributed by atoms with Gasteiger partial charge in [0.2, 0.25) is 0 Å². The Labute approximate surface area is 209 Å². The van der Waals surface area contributed by atoms with Crippen LogP contribution in [0.4, 0.5) is 0 Å². The van der Waals surface area contributed by atoms with Crippen LogP contribution in [0.3, 0.4) is 0 Å². The summed E-state index contributed by atoms with van der Waals surface area (Å²) < 4.78 is 0. The SMILES string of the molecule is c1ccc(-c2cc(-c3ccc(-c4cccc5cccnc45)cc3)nc3ccc4ccccc4c23)cc1. The average Bonchev–Trinajstić information content (AvgIpc) is 2.96. The second-order valence-electron chi connectivity index (χ2n) is 9.06. The highest BCUT2D eigenvalue weighted by atomic mass is 14.7. The van der Waals surface area contributed by atoms with E-state index in [1.165, 1.54) is 27.3 Å². The zero-order valence-corrected chi connectivity index (χ0v) is 19.6. The highest BCUT2D eigenvalue weighted by Gasteiger charge is 2.13. The maximum absolute atomic E-state index is 5.12. The standard InChI is InChI=1S/C34H22N2/c1-2-8-23(9-3-1)30-22-32(36-31-20-19-24-10-4-5-13-28(24)33(30)31)26-17-15-25(16-18-26)29-14-6-11-27-12-7-21-35-34(27)29/h1-22H. The molecular weight excluding hydrogens is 436 g/mol. The van der Waals surface area contributed by atoms with E-state index in [-0.39, 0.29) is 0 Å². The third kappa shape index (κ3) is 3.43. The zero-order chi connectivity index (χ0) is 23.9. The molecule has 2 heteroatoms. The first-order valence-electron chi connectivity index (χ1n) is 12.2. The molecule has 0 unspecified atom stereocenters. The number of para-hydroxylation sites is 1. The summed E-state index contributed by atoms with van der Waals surface area (Å²) in [6, 6.07) is 44.8. The molecule has 0 N–H and O–H groups in total. The van der Waals surface area contributed by atoms with Gasteiger partial charge in [0, 0.05) is 28.1 Å². The lowest BCUT2D eigenvalue weighted by atomic mass is 9.94. The van der Waals surface area contributed by atoms with Gasteiger partial charge in [0.25, 0.3) is 0 Å². The average molecular weight is 459 g/mol. The van der Waals surface area contributed by atoms with Crippen molar-refractivity contribution in [2.45, 2.75) is 0 Å². The first-order chi connectivity index (χ1) is 17.8. The van der Waals surface area contributed by atoms with Gasteiger partial charge in [-0.15, -0.1) is 0 Å². The lowest BCUT2D eigenvalue weighted by Crippen LogP contribution is -1.91. The van der Waals surface area contributed by atoms with E-state index in [1.807, 2.05) is 12.3 Å². The molecule has 0 aliphatic carbocycles. The van der Waals surface area contributed by atoms with E-state index in [1.54, 1.807) is 0 Å². The van der Waals surface area contributed by atoms with Crippen LogP contribution >= 0.6 is 0 Å². The van der Waals surface area contributed by atoms with Gasteiger partial charge < -0.3 is 0 Å². The fourth-order valence-electron chi connectivity index (χ4n) is 5.16. The van der Waals surface area contributed by atoms with Gasteiger partial charge in [-0.1, -0.05) is 109 Å². The molecule has 2 aromatic heterocycles. The van der Waals surface area contributed by atoms with Crippen LogP contribution in [-0.4, -0.2) is 9.97 Å². The van der Waals surface area contributed by atoms with Crippen molar-refractivity contribution in [1.29, 1.82) is 0 Å². The molecular formula is C34H22N2. The maximum atomic E-state index is 5.12. The van der Waals surface area contributed by atoms with E-state index in [4.69, 9.17) is 4.98 Å². The summed E-state index contributed by atoms with van der Waals surface area (Å²) in [6.07, 6.45) is 1.86. The molecule has 2 heterocycles. The molecule has 0 fully saturated rings. The Morgan fingerprint density at radius 1 is 0.472 bits per heavy atom. The second-order valence-corrected chi connectivity index (χ2v) is 9.06. The second kappa shape index (κ2) is 8.44. The van der Waals surface area contributed by atoms with E-state index in [2.05, 4.69) is 126 Å². The van der Waals surface area contributed by atoms with E-state index in [0.29, 0.717) is 0 Å². The van der Waals surface area contributed by atoms with E-state index < -0.39 is 0 Å². The molecule has 0 spiro atoms. The van der Waals surface area contributed by atoms with Crippen molar-refractivity contribution < 1.29 is 0 Å². The van der Waals surface area contributed by atoms with Crippen molar-refractivity contribution in [2.75, 3.05) is 0 Å². The molecule has 2 nitrogen and oxygen atoms in total. The van der Waals surface area contributed by atoms with Gasteiger partial charge in [-0.3, -0.25) is 4.98 Å². The van der Waals surface area contributed by atoms with E-state index >= 15 is 0 Å². The van der Waals surface area contributed by atoms with Crippen molar-refractivity contribution in [3.8, 4) is 33.5 Å². The molecule has 0 atom stereocenters. The largest absolute Gasteiger partial charge is 0.256 e. The molecule has 36 heavy (non-hydrogen) atoms. The Morgan fingerprint density at radius 3 is 2.08 bits per heavy atom.